The molecule has 0 unspecified atom stereocenters. The molecule has 2 bridgehead atoms. The molecule has 2 saturated carbocycles. The average molecular weight is 378 g/mol. The van der Waals surface area contributed by atoms with E-state index in [1.165, 1.54) is 6.08 Å². The highest BCUT2D eigenvalue weighted by molar-refractivity contribution is 5.96. The summed E-state index contributed by atoms with van der Waals surface area (Å²) in [5.74, 6) is -1.84. The highest BCUT2D eigenvalue weighted by atomic mass is 16.6. The maximum Gasteiger partial charge on any atom is 0.306 e. The van der Waals surface area contributed by atoms with E-state index in [2.05, 4.69) is 0 Å². The first-order valence-electron chi connectivity index (χ1n) is 9.68. The van der Waals surface area contributed by atoms with Gasteiger partial charge in [0.1, 0.15) is 18.3 Å². The third-order valence-corrected chi connectivity index (χ3v) is 8.59. The van der Waals surface area contributed by atoms with Crippen molar-refractivity contribution >= 4 is 11.8 Å². The number of allylic oxidation sites excluding steroid dienone is 1. The summed E-state index contributed by atoms with van der Waals surface area (Å²) in [5.41, 5.74) is -2.22. The number of fused-ring (bicyclic) bond motifs is 1. The van der Waals surface area contributed by atoms with Gasteiger partial charge in [-0.05, 0) is 32.3 Å². The highest BCUT2D eigenvalue weighted by Gasteiger charge is 2.79. The average Bonchev–Trinajstić information content (AvgIpc) is 2.96. The Morgan fingerprint density at radius 3 is 2.63 bits per heavy atom. The Morgan fingerprint density at radius 2 is 1.93 bits per heavy atom. The van der Waals surface area contributed by atoms with Gasteiger partial charge in [0.25, 0.3) is 0 Å². The summed E-state index contributed by atoms with van der Waals surface area (Å²) in [6, 6.07) is 0. The van der Waals surface area contributed by atoms with Crippen LogP contribution in [0.4, 0.5) is 0 Å². The van der Waals surface area contributed by atoms with Crippen LogP contribution in [0.2, 0.25) is 0 Å². The van der Waals surface area contributed by atoms with E-state index in [9.17, 15) is 24.9 Å². The zero-order valence-corrected chi connectivity index (χ0v) is 15.7. The molecule has 2 heterocycles. The molecule has 0 aromatic heterocycles. The number of hydrogen-bond acceptors (Lipinski definition) is 7. The molecule has 4 fully saturated rings. The predicted molar refractivity (Wildman–Crippen MR) is 91.3 cm³/mol. The van der Waals surface area contributed by atoms with E-state index in [4.69, 9.17) is 9.47 Å². The van der Waals surface area contributed by atoms with Crippen molar-refractivity contribution in [2.75, 3.05) is 6.61 Å². The van der Waals surface area contributed by atoms with Crippen LogP contribution in [0, 0.1) is 28.6 Å². The molecular formula is C20H26O7. The topological polar surface area (TPSA) is 113 Å². The first-order chi connectivity index (χ1) is 12.6. The third-order valence-electron chi connectivity index (χ3n) is 8.59. The van der Waals surface area contributed by atoms with E-state index in [0.29, 0.717) is 6.42 Å². The summed E-state index contributed by atoms with van der Waals surface area (Å²) in [6.07, 6.45) is -1.67. The van der Waals surface area contributed by atoms with Crippen LogP contribution in [0.25, 0.3) is 0 Å². The zero-order chi connectivity index (χ0) is 19.5. The van der Waals surface area contributed by atoms with Gasteiger partial charge in [0.15, 0.2) is 5.78 Å². The molecule has 5 aliphatic rings. The van der Waals surface area contributed by atoms with Crippen LogP contribution in [-0.4, -0.2) is 63.7 Å². The second kappa shape index (κ2) is 5.00. The lowest BCUT2D eigenvalue weighted by Gasteiger charge is -2.67. The van der Waals surface area contributed by atoms with Crippen LogP contribution < -0.4 is 0 Å². The number of carbonyl (C=O) groups is 2. The smallest absolute Gasteiger partial charge is 0.306 e. The fraction of sp³-hybridized carbons (Fsp3) is 0.800. The van der Waals surface area contributed by atoms with Crippen LogP contribution in [0.1, 0.15) is 33.6 Å². The Kier molecular flexibility index (Phi) is 3.30. The first-order valence-corrected chi connectivity index (χ1v) is 9.68. The van der Waals surface area contributed by atoms with Crippen LogP contribution in [0.3, 0.4) is 0 Å². The van der Waals surface area contributed by atoms with Crippen molar-refractivity contribution in [3.05, 3.63) is 11.6 Å². The molecule has 148 valence electrons. The molecule has 2 saturated heterocycles. The van der Waals surface area contributed by atoms with Crippen molar-refractivity contribution in [1.29, 1.82) is 0 Å². The molecule has 27 heavy (non-hydrogen) atoms. The minimum atomic E-state index is -1.51. The Labute approximate surface area is 157 Å². The normalized spacial score (nSPS) is 58.9. The van der Waals surface area contributed by atoms with Gasteiger partial charge in [-0.15, -0.1) is 0 Å². The molecule has 0 amide bonds. The van der Waals surface area contributed by atoms with Gasteiger partial charge in [0.2, 0.25) is 0 Å². The fourth-order valence-corrected chi connectivity index (χ4v) is 7.44. The highest BCUT2D eigenvalue weighted by Crippen LogP contribution is 2.71. The van der Waals surface area contributed by atoms with E-state index in [-0.39, 0.29) is 30.7 Å². The number of ether oxygens (including phenoxy) is 2. The number of esters is 1. The van der Waals surface area contributed by atoms with Gasteiger partial charge in [-0.25, -0.2) is 0 Å². The minimum Gasteiger partial charge on any atom is -0.462 e. The van der Waals surface area contributed by atoms with E-state index >= 15 is 0 Å². The van der Waals surface area contributed by atoms with Crippen molar-refractivity contribution in [3.8, 4) is 0 Å². The molecule has 1 spiro atoms. The molecule has 2 aliphatic heterocycles. The summed E-state index contributed by atoms with van der Waals surface area (Å²) >= 11 is 0. The number of aliphatic hydroxyl groups excluding tert-OH is 2. The summed E-state index contributed by atoms with van der Waals surface area (Å²) in [6.45, 7) is 5.55. The third kappa shape index (κ3) is 1.78. The molecule has 5 rings (SSSR count). The zero-order valence-electron chi connectivity index (χ0n) is 15.7. The molecule has 0 radical (unpaired) electrons. The van der Waals surface area contributed by atoms with Gasteiger partial charge in [0, 0.05) is 22.7 Å². The molecule has 3 N–H and O–H groups in total. The van der Waals surface area contributed by atoms with E-state index in [1.807, 2.05) is 13.8 Å². The molecule has 7 nitrogen and oxygen atoms in total. The number of ketones is 1. The second-order valence-electron chi connectivity index (χ2n) is 9.62. The summed E-state index contributed by atoms with van der Waals surface area (Å²) in [4.78, 5) is 24.9. The van der Waals surface area contributed by atoms with Crippen molar-refractivity contribution in [2.24, 2.45) is 28.6 Å². The van der Waals surface area contributed by atoms with Gasteiger partial charge in [0.05, 0.1) is 24.7 Å². The van der Waals surface area contributed by atoms with Crippen LogP contribution >= 0.6 is 0 Å². The minimum absolute atomic E-state index is 0.00719. The van der Waals surface area contributed by atoms with Gasteiger partial charge < -0.3 is 24.8 Å². The first kappa shape index (κ1) is 17.8. The van der Waals surface area contributed by atoms with Gasteiger partial charge in [-0.3, -0.25) is 9.59 Å². The molecule has 0 aromatic rings. The van der Waals surface area contributed by atoms with E-state index < -0.39 is 52.7 Å². The van der Waals surface area contributed by atoms with Gasteiger partial charge >= 0.3 is 5.97 Å². The summed E-state index contributed by atoms with van der Waals surface area (Å²) in [5, 5.41) is 33.1. The Hall–Kier alpha value is -1.28. The van der Waals surface area contributed by atoms with Crippen LogP contribution in [0.15, 0.2) is 11.6 Å². The summed E-state index contributed by atoms with van der Waals surface area (Å²) in [7, 11) is 0. The Balaban J connectivity index is 1.76. The number of hydrogen-bond donors (Lipinski definition) is 3. The largest absolute Gasteiger partial charge is 0.462 e. The molecule has 3 aliphatic carbocycles. The van der Waals surface area contributed by atoms with Crippen molar-refractivity contribution in [3.63, 3.8) is 0 Å². The monoisotopic (exact) mass is 378 g/mol. The summed E-state index contributed by atoms with van der Waals surface area (Å²) < 4.78 is 11.8. The van der Waals surface area contributed by atoms with Gasteiger partial charge in [-0.1, -0.05) is 12.5 Å². The molecule has 10 atom stereocenters. The standard InChI is InChI=1S/C20H26O7/c1-8-4-10(21)16(23)18(2)9(8)5-12-20-7-26-14(15(18)20)17(24)19(3,25)11(20)6-13(22)27-12/h4,9,11-12,14-17,23-25H,5-7H2,1-3H3/t9-,11-,12+,14+,15+,16+,17-,18-,19-,20+/m0/s1. The van der Waals surface area contributed by atoms with Crippen molar-refractivity contribution in [2.45, 2.75) is 63.6 Å². The quantitative estimate of drug-likeness (QED) is 0.507. The fourth-order valence-electron chi connectivity index (χ4n) is 7.44. The van der Waals surface area contributed by atoms with E-state index in [1.54, 1.807) is 6.92 Å². The lowest BCUT2D eigenvalue weighted by Crippen LogP contribution is -2.76. The lowest BCUT2D eigenvalue weighted by atomic mass is 9.38. The van der Waals surface area contributed by atoms with Gasteiger partial charge in [-0.2, -0.15) is 0 Å². The molecule has 0 aromatic carbocycles. The molecular weight excluding hydrogens is 352 g/mol. The SMILES string of the molecule is CC1=CC(=O)[C@@H](O)[C@]2(C)[C@H]3[C@H]4OC[C@@]35[C@@H](C[C@@H]12)OC(=O)C[C@H]5[C@](C)(O)[C@H]4O. The number of aliphatic hydroxyl groups is 3. The number of carbonyl (C=O) groups excluding carboxylic acids is 2. The van der Waals surface area contributed by atoms with Crippen LogP contribution in [0.5, 0.6) is 0 Å². The number of rotatable bonds is 0. The van der Waals surface area contributed by atoms with Crippen molar-refractivity contribution < 1.29 is 34.4 Å². The lowest BCUT2D eigenvalue weighted by molar-refractivity contribution is -0.284. The maximum atomic E-state index is 12.5. The Bertz CT molecular complexity index is 772. The Morgan fingerprint density at radius 1 is 1.22 bits per heavy atom. The predicted octanol–water partition coefficient (Wildman–Crippen LogP) is -0.0389. The van der Waals surface area contributed by atoms with Crippen LogP contribution in [-0.2, 0) is 19.1 Å². The van der Waals surface area contributed by atoms with Crippen molar-refractivity contribution in [1.82, 2.24) is 0 Å². The second-order valence-corrected chi connectivity index (χ2v) is 9.62. The van der Waals surface area contributed by atoms with E-state index in [0.717, 1.165) is 5.57 Å². The maximum absolute atomic E-state index is 12.5. The molecule has 7 heteroatoms.